The number of nitrogens with one attached hydrogen (secondary N) is 1. The predicted octanol–water partition coefficient (Wildman–Crippen LogP) is 1.26. The van der Waals surface area contributed by atoms with Crippen molar-refractivity contribution in [3.8, 4) is 0 Å². The van der Waals surface area contributed by atoms with Crippen LogP contribution in [-0.4, -0.2) is 37.0 Å². The first-order chi connectivity index (χ1) is 7.79. The average Bonchev–Trinajstić information content (AvgIpc) is 2.63. The van der Waals surface area contributed by atoms with Crippen LogP contribution in [-0.2, 0) is 9.47 Å². The highest BCUT2D eigenvalue weighted by molar-refractivity contribution is 5.69. The Kier molecular flexibility index (Phi) is 4.38. The number of hydrogen-bond donors (Lipinski definition) is 2. The number of ether oxygens (including phenoxy) is 2. The SMILES string of the molecule is CC(CN)C1(NC(=O)OC(C)(C)C)CCOC1. The highest BCUT2D eigenvalue weighted by atomic mass is 16.6. The van der Waals surface area contributed by atoms with E-state index in [2.05, 4.69) is 5.32 Å². The van der Waals surface area contributed by atoms with Crippen molar-refractivity contribution in [3.05, 3.63) is 0 Å². The molecule has 0 aliphatic carbocycles. The van der Waals surface area contributed by atoms with Crippen LogP contribution in [0.25, 0.3) is 0 Å². The Morgan fingerprint density at radius 1 is 1.59 bits per heavy atom. The van der Waals surface area contributed by atoms with Gasteiger partial charge in [-0.25, -0.2) is 4.79 Å². The molecule has 100 valence electrons. The number of rotatable bonds is 3. The Morgan fingerprint density at radius 2 is 2.24 bits per heavy atom. The fourth-order valence-corrected chi connectivity index (χ4v) is 1.92. The standard InChI is InChI=1S/C12H24N2O3/c1-9(7-13)12(5-6-16-8-12)14-10(15)17-11(2,3)4/h9H,5-8,13H2,1-4H3,(H,14,15). The van der Waals surface area contributed by atoms with Crippen LogP contribution in [0.3, 0.4) is 0 Å². The van der Waals surface area contributed by atoms with E-state index >= 15 is 0 Å². The second-order valence-electron chi connectivity index (χ2n) is 5.72. The second kappa shape index (κ2) is 5.23. The summed E-state index contributed by atoms with van der Waals surface area (Å²) in [7, 11) is 0. The van der Waals surface area contributed by atoms with E-state index in [1.807, 2.05) is 27.7 Å². The predicted molar refractivity (Wildman–Crippen MR) is 65.8 cm³/mol. The first-order valence-electron chi connectivity index (χ1n) is 6.08. The van der Waals surface area contributed by atoms with Crippen molar-refractivity contribution in [3.63, 3.8) is 0 Å². The summed E-state index contributed by atoms with van der Waals surface area (Å²) < 4.78 is 10.7. The van der Waals surface area contributed by atoms with Gasteiger partial charge in [0.05, 0.1) is 12.1 Å². The number of carbonyl (C=O) groups excluding carboxylic acids is 1. The molecule has 0 saturated carbocycles. The molecule has 5 heteroatoms. The molecular weight excluding hydrogens is 220 g/mol. The summed E-state index contributed by atoms with van der Waals surface area (Å²) in [5.41, 5.74) is 4.83. The molecular formula is C12H24N2O3. The maximum Gasteiger partial charge on any atom is 0.408 e. The first-order valence-corrected chi connectivity index (χ1v) is 6.08. The molecule has 0 aromatic carbocycles. The van der Waals surface area contributed by atoms with E-state index in [0.29, 0.717) is 19.8 Å². The molecule has 3 N–H and O–H groups in total. The van der Waals surface area contributed by atoms with E-state index in [0.717, 1.165) is 6.42 Å². The van der Waals surface area contributed by atoms with Gasteiger partial charge in [0, 0.05) is 6.61 Å². The zero-order valence-electron chi connectivity index (χ0n) is 11.2. The van der Waals surface area contributed by atoms with Gasteiger partial charge in [-0.3, -0.25) is 0 Å². The highest BCUT2D eigenvalue weighted by Crippen LogP contribution is 2.27. The molecule has 0 spiro atoms. The van der Waals surface area contributed by atoms with E-state index < -0.39 is 11.7 Å². The third-order valence-corrected chi connectivity index (χ3v) is 3.10. The third kappa shape index (κ3) is 3.85. The number of carbonyl (C=O) groups is 1. The first kappa shape index (κ1) is 14.3. The van der Waals surface area contributed by atoms with Crippen LogP contribution >= 0.6 is 0 Å². The third-order valence-electron chi connectivity index (χ3n) is 3.10. The van der Waals surface area contributed by atoms with Gasteiger partial charge in [-0.15, -0.1) is 0 Å². The molecule has 2 atom stereocenters. The zero-order chi connectivity index (χ0) is 13.1. The van der Waals surface area contributed by atoms with Crippen molar-refractivity contribution in [2.75, 3.05) is 19.8 Å². The van der Waals surface area contributed by atoms with E-state index in [1.54, 1.807) is 0 Å². The maximum atomic E-state index is 11.8. The van der Waals surface area contributed by atoms with Gasteiger partial charge in [-0.05, 0) is 39.7 Å². The Bertz CT molecular complexity index is 267. The summed E-state index contributed by atoms with van der Waals surface area (Å²) in [5.74, 6) is 0.164. The maximum absolute atomic E-state index is 11.8. The van der Waals surface area contributed by atoms with Gasteiger partial charge < -0.3 is 20.5 Å². The van der Waals surface area contributed by atoms with Gasteiger partial charge in [-0.1, -0.05) is 6.92 Å². The summed E-state index contributed by atoms with van der Waals surface area (Å²) in [4.78, 5) is 11.8. The molecule has 1 heterocycles. The minimum atomic E-state index is -0.489. The van der Waals surface area contributed by atoms with Crippen LogP contribution in [0, 0.1) is 5.92 Å². The summed E-state index contributed by atoms with van der Waals surface area (Å²) in [6.45, 7) is 9.22. The smallest absolute Gasteiger partial charge is 0.408 e. The lowest BCUT2D eigenvalue weighted by Gasteiger charge is -2.35. The fourth-order valence-electron chi connectivity index (χ4n) is 1.92. The molecule has 1 aliphatic heterocycles. The molecule has 0 radical (unpaired) electrons. The zero-order valence-corrected chi connectivity index (χ0v) is 11.2. The van der Waals surface area contributed by atoms with Crippen LogP contribution in [0.1, 0.15) is 34.1 Å². The molecule has 0 aromatic rings. The van der Waals surface area contributed by atoms with Gasteiger partial charge >= 0.3 is 6.09 Å². The Balaban J connectivity index is 2.65. The van der Waals surface area contributed by atoms with Crippen LogP contribution in [0.5, 0.6) is 0 Å². The van der Waals surface area contributed by atoms with Gasteiger partial charge in [0.15, 0.2) is 0 Å². The molecule has 1 rings (SSSR count). The fraction of sp³-hybridized carbons (Fsp3) is 0.917. The van der Waals surface area contributed by atoms with Crippen molar-refractivity contribution < 1.29 is 14.3 Å². The van der Waals surface area contributed by atoms with Crippen molar-refractivity contribution >= 4 is 6.09 Å². The normalized spacial score (nSPS) is 26.6. The lowest BCUT2D eigenvalue weighted by molar-refractivity contribution is 0.0394. The lowest BCUT2D eigenvalue weighted by Crippen LogP contribution is -2.56. The summed E-state index contributed by atoms with van der Waals surface area (Å²) >= 11 is 0. The molecule has 1 saturated heterocycles. The van der Waals surface area contributed by atoms with Gasteiger partial charge in [0.1, 0.15) is 5.60 Å². The molecule has 2 unspecified atom stereocenters. The monoisotopic (exact) mass is 244 g/mol. The van der Waals surface area contributed by atoms with Crippen molar-refractivity contribution in [2.24, 2.45) is 11.7 Å². The summed E-state index contributed by atoms with van der Waals surface area (Å²) in [5, 5.41) is 2.93. The Morgan fingerprint density at radius 3 is 2.65 bits per heavy atom. The average molecular weight is 244 g/mol. The van der Waals surface area contributed by atoms with Crippen LogP contribution in [0.2, 0.25) is 0 Å². The van der Waals surface area contributed by atoms with Gasteiger partial charge in [-0.2, -0.15) is 0 Å². The summed E-state index contributed by atoms with van der Waals surface area (Å²) in [6.07, 6.45) is 0.383. The number of amides is 1. The van der Waals surface area contributed by atoms with Crippen molar-refractivity contribution in [1.29, 1.82) is 0 Å². The minimum Gasteiger partial charge on any atom is -0.444 e. The molecule has 1 fully saturated rings. The molecule has 1 amide bonds. The largest absolute Gasteiger partial charge is 0.444 e. The second-order valence-corrected chi connectivity index (χ2v) is 5.72. The summed E-state index contributed by atoms with van der Waals surface area (Å²) in [6, 6.07) is 0. The molecule has 0 bridgehead atoms. The van der Waals surface area contributed by atoms with E-state index in [4.69, 9.17) is 15.2 Å². The minimum absolute atomic E-state index is 0.164. The molecule has 5 nitrogen and oxygen atoms in total. The number of hydrogen-bond acceptors (Lipinski definition) is 4. The van der Waals surface area contributed by atoms with Crippen LogP contribution in [0.15, 0.2) is 0 Å². The Labute approximate surface area is 103 Å². The molecule has 1 aliphatic rings. The number of nitrogens with two attached hydrogens (primary N) is 1. The lowest BCUT2D eigenvalue weighted by atomic mass is 9.84. The van der Waals surface area contributed by atoms with Gasteiger partial charge in [0.25, 0.3) is 0 Å². The topological polar surface area (TPSA) is 73.6 Å². The van der Waals surface area contributed by atoms with Gasteiger partial charge in [0.2, 0.25) is 0 Å². The van der Waals surface area contributed by atoms with E-state index in [1.165, 1.54) is 0 Å². The van der Waals surface area contributed by atoms with Crippen molar-refractivity contribution in [1.82, 2.24) is 5.32 Å². The van der Waals surface area contributed by atoms with E-state index in [-0.39, 0.29) is 11.5 Å². The van der Waals surface area contributed by atoms with Crippen LogP contribution in [0.4, 0.5) is 4.79 Å². The highest BCUT2D eigenvalue weighted by Gasteiger charge is 2.41. The van der Waals surface area contributed by atoms with Crippen LogP contribution < -0.4 is 11.1 Å². The number of alkyl carbamates (subject to hydrolysis) is 1. The Hall–Kier alpha value is -0.810. The molecule has 0 aromatic heterocycles. The molecule has 17 heavy (non-hydrogen) atoms. The van der Waals surface area contributed by atoms with E-state index in [9.17, 15) is 4.79 Å². The van der Waals surface area contributed by atoms with Crippen molar-refractivity contribution in [2.45, 2.75) is 45.3 Å². The quantitative estimate of drug-likeness (QED) is 0.784.